The predicted molar refractivity (Wildman–Crippen MR) is 58.7 cm³/mol. The van der Waals surface area contributed by atoms with Crippen LogP contribution in [0.2, 0.25) is 0 Å². The molecule has 0 aliphatic carbocycles. The molecule has 3 rings (SSSR count). The molecule has 1 fully saturated rings. The second kappa shape index (κ2) is 4.14. The lowest BCUT2D eigenvalue weighted by Crippen LogP contribution is -2.17. The van der Waals surface area contributed by atoms with Crippen molar-refractivity contribution in [2.75, 3.05) is 6.61 Å². The lowest BCUT2D eigenvalue weighted by Gasteiger charge is -2.14. The van der Waals surface area contributed by atoms with Gasteiger partial charge in [-0.1, -0.05) is 0 Å². The summed E-state index contributed by atoms with van der Waals surface area (Å²) in [4.78, 5) is 21.7. The Morgan fingerprint density at radius 1 is 1.61 bits per heavy atom. The average molecular weight is 254 g/mol. The molecule has 3 heterocycles. The highest BCUT2D eigenvalue weighted by molar-refractivity contribution is 5.68. The van der Waals surface area contributed by atoms with Crippen molar-refractivity contribution < 1.29 is 14.2 Å². The van der Waals surface area contributed by atoms with E-state index in [0.717, 1.165) is 0 Å². The first-order valence-electron chi connectivity index (χ1n) is 5.51. The van der Waals surface area contributed by atoms with E-state index in [1.807, 2.05) is 0 Å². The van der Waals surface area contributed by atoms with Gasteiger partial charge in [-0.3, -0.25) is 9.36 Å². The maximum absolute atomic E-state index is 13.8. The highest BCUT2D eigenvalue weighted by atomic mass is 19.1. The fourth-order valence-corrected chi connectivity index (χ4v) is 2.11. The van der Waals surface area contributed by atoms with Gasteiger partial charge in [0.25, 0.3) is 5.56 Å². The van der Waals surface area contributed by atoms with E-state index in [2.05, 4.69) is 15.0 Å². The molecule has 8 heteroatoms. The van der Waals surface area contributed by atoms with Crippen LogP contribution in [0.25, 0.3) is 11.2 Å². The zero-order valence-corrected chi connectivity index (χ0v) is 9.28. The van der Waals surface area contributed by atoms with Gasteiger partial charge < -0.3 is 14.8 Å². The number of aromatic nitrogens is 4. The molecule has 0 bridgehead atoms. The molecule has 0 amide bonds. The van der Waals surface area contributed by atoms with Crippen LogP contribution in [0, 0.1) is 0 Å². The second-order valence-corrected chi connectivity index (χ2v) is 4.14. The van der Waals surface area contributed by atoms with Crippen molar-refractivity contribution in [3.8, 4) is 0 Å². The Kier molecular flexibility index (Phi) is 2.60. The molecule has 2 N–H and O–H groups in total. The van der Waals surface area contributed by atoms with E-state index >= 15 is 0 Å². The van der Waals surface area contributed by atoms with Gasteiger partial charge in [-0.05, 0) is 0 Å². The van der Waals surface area contributed by atoms with E-state index in [1.54, 1.807) is 0 Å². The first-order chi connectivity index (χ1) is 8.70. The summed E-state index contributed by atoms with van der Waals surface area (Å²) in [5.74, 6) is 0. The van der Waals surface area contributed by atoms with Crippen molar-refractivity contribution in [2.45, 2.75) is 24.9 Å². The van der Waals surface area contributed by atoms with Crippen molar-refractivity contribution in [1.82, 2.24) is 19.5 Å². The van der Waals surface area contributed by atoms with Gasteiger partial charge in [-0.15, -0.1) is 0 Å². The molecule has 0 radical (unpaired) electrons. The number of H-pyrrole nitrogens is 1. The van der Waals surface area contributed by atoms with Crippen LogP contribution in [0.1, 0.15) is 12.6 Å². The third kappa shape index (κ3) is 1.61. The van der Waals surface area contributed by atoms with Crippen molar-refractivity contribution in [3.05, 3.63) is 23.0 Å². The minimum absolute atomic E-state index is 0.115. The Morgan fingerprint density at radius 3 is 3.17 bits per heavy atom. The smallest absolute Gasteiger partial charge is 0.278 e. The van der Waals surface area contributed by atoms with Gasteiger partial charge in [0.2, 0.25) is 0 Å². The lowest BCUT2D eigenvalue weighted by atomic mass is 10.2. The first-order valence-corrected chi connectivity index (χ1v) is 5.51. The average Bonchev–Trinajstić information content (AvgIpc) is 2.93. The van der Waals surface area contributed by atoms with Crippen LogP contribution in [0.3, 0.4) is 0 Å². The van der Waals surface area contributed by atoms with Crippen molar-refractivity contribution in [3.63, 3.8) is 0 Å². The Bertz CT molecular complexity index is 625. The summed E-state index contributed by atoms with van der Waals surface area (Å²) in [6, 6.07) is 0. The SMILES string of the molecule is O=c1[nH]cnc2c1ncn2C1OC(CO)C[C@@H]1F. The van der Waals surface area contributed by atoms with Crippen LogP contribution < -0.4 is 5.56 Å². The summed E-state index contributed by atoms with van der Waals surface area (Å²) in [6.07, 6.45) is -0.0331. The zero-order valence-electron chi connectivity index (χ0n) is 9.28. The van der Waals surface area contributed by atoms with E-state index in [-0.39, 0.29) is 29.8 Å². The molecule has 1 aliphatic heterocycles. The number of ether oxygens (including phenoxy) is 1. The minimum Gasteiger partial charge on any atom is -0.394 e. The monoisotopic (exact) mass is 254 g/mol. The molecule has 1 saturated heterocycles. The third-order valence-corrected chi connectivity index (χ3v) is 2.97. The molecular formula is C10H11FN4O3. The number of nitrogens with one attached hydrogen (secondary N) is 1. The number of aromatic amines is 1. The third-order valence-electron chi connectivity index (χ3n) is 2.97. The zero-order chi connectivity index (χ0) is 12.7. The quantitative estimate of drug-likeness (QED) is 0.770. The van der Waals surface area contributed by atoms with Crippen LogP contribution >= 0.6 is 0 Å². The van der Waals surface area contributed by atoms with Gasteiger partial charge in [-0.25, -0.2) is 14.4 Å². The molecule has 0 spiro atoms. The highest BCUT2D eigenvalue weighted by Crippen LogP contribution is 2.32. The summed E-state index contributed by atoms with van der Waals surface area (Å²) in [5.41, 5.74) is 0.0246. The molecule has 3 atom stereocenters. The number of imidazole rings is 1. The molecule has 18 heavy (non-hydrogen) atoms. The van der Waals surface area contributed by atoms with E-state index in [0.29, 0.717) is 0 Å². The number of rotatable bonds is 2. The van der Waals surface area contributed by atoms with Gasteiger partial charge in [0, 0.05) is 6.42 Å². The number of alkyl halides is 1. The fraction of sp³-hybridized carbons (Fsp3) is 0.500. The fourth-order valence-electron chi connectivity index (χ4n) is 2.11. The van der Waals surface area contributed by atoms with Crippen LogP contribution in [-0.4, -0.2) is 43.5 Å². The number of fused-ring (bicyclic) bond motifs is 1. The Labute approximate surface area is 100 Å². The van der Waals surface area contributed by atoms with Crippen molar-refractivity contribution in [2.24, 2.45) is 0 Å². The number of hydrogen-bond acceptors (Lipinski definition) is 5. The van der Waals surface area contributed by atoms with Gasteiger partial charge >= 0.3 is 0 Å². The number of halogens is 1. The summed E-state index contributed by atoms with van der Waals surface area (Å²) in [7, 11) is 0. The van der Waals surface area contributed by atoms with E-state index in [4.69, 9.17) is 9.84 Å². The Balaban J connectivity index is 2.05. The Hall–Kier alpha value is -1.80. The molecule has 2 aromatic heterocycles. The molecule has 7 nitrogen and oxygen atoms in total. The van der Waals surface area contributed by atoms with E-state index in [9.17, 15) is 9.18 Å². The van der Waals surface area contributed by atoms with Gasteiger partial charge in [-0.2, -0.15) is 0 Å². The predicted octanol–water partition coefficient (Wildman–Crippen LogP) is -0.263. The van der Waals surface area contributed by atoms with Gasteiger partial charge in [0.15, 0.2) is 17.4 Å². The standard InChI is InChI=1S/C10H11FN4O3/c11-6-1-5(2-16)18-10(6)15-4-14-7-8(15)12-3-13-9(7)17/h3-6,10,16H,1-2H2,(H,12,13,17)/t5?,6-,10?/m0/s1. The molecule has 2 unspecified atom stereocenters. The lowest BCUT2D eigenvalue weighted by molar-refractivity contribution is -0.0351. The summed E-state index contributed by atoms with van der Waals surface area (Å²) >= 11 is 0. The molecule has 96 valence electrons. The summed E-state index contributed by atoms with van der Waals surface area (Å²) in [5, 5.41) is 8.97. The van der Waals surface area contributed by atoms with E-state index < -0.39 is 18.5 Å². The summed E-state index contributed by atoms with van der Waals surface area (Å²) < 4.78 is 20.6. The van der Waals surface area contributed by atoms with Gasteiger partial charge in [0.1, 0.15) is 6.17 Å². The molecular weight excluding hydrogens is 243 g/mol. The second-order valence-electron chi connectivity index (χ2n) is 4.14. The maximum atomic E-state index is 13.8. The normalized spacial score (nSPS) is 28.0. The first kappa shape index (κ1) is 11.3. The maximum Gasteiger partial charge on any atom is 0.278 e. The van der Waals surface area contributed by atoms with Crippen LogP contribution in [0.4, 0.5) is 4.39 Å². The number of aliphatic hydroxyl groups is 1. The van der Waals surface area contributed by atoms with E-state index in [1.165, 1.54) is 17.2 Å². The largest absolute Gasteiger partial charge is 0.394 e. The van der Waals surface area contributed by atoms with Crippen LogP contribution in [0.5, 0.6) is 0 Å². The van der Waals surface area contributed by atoms with Crippen molar-refractivity contribution in [1.29, 1.82) is 0 Å². The Morgan fingerprint density at radius 2 is 2.44 bits per heavy atom. The number of hydrogen-bond donors (Lipinski definition) is 2. The molecule has 0 saturated carbocycles. The van der Waals surface area contributed by atoms with Crippen LogP contribution in [0.15, 0.2) is 17.4 Å². The molecule has 2 aromatic rings. The minimum atomic E-state index is -1.26. The molecule has 1 aliphatic rings. The van der Waals surface area contributed by atoms with Crippen LogP contribution in [-0.2, 0) is 4.74 Å². The van der Waals surface area contributed by atoms with Crippen molar-refractivity contribution >= 4 is 11.2 Å². The molecule has 0 aromatic carbocycles. The van der Waals surface area contributed by atoms with Gasteiger partial charge in [0.05, 0.1) is 25.4 Å². The topological polar surface area (TPSA) is 93.0 Å². The summed E-state index contributed by atoms with van der Waals surface area (Å²) in [6.45, 7) is -0.239. The highest BCUT2D eigenvalue weighted by Gasteiger charge is 2.37. The number of aliphatic hydroxyl groups excluding tert-OH is 1. The number of nitrogens with zero attached hydrogens (tertiary/aromatic N) is 3.